The Morgan fingerprint density at radius 3 is 3.00 bits per heavy atom. The molecule has 1 aliphatic heterocycles. The zero-order chi connectivity index (χ0) is 18.0. The van der Waals surface area contributed by atoms with Crippen molar-refractivity contribution in [2.24, 2.45) is 16.3 Å². The number of hydrogen-bond acceptors (Lipinski definition) is 3. The lowest BCUT2D eigenvalue weighted by atomic mass is 9.57. The molecule has 5 nitrogen and oxygen atoms in total. The fraction of sp³-hybridized carbons (Fsp3) is 0.632. The second-order valence-corrected chi connectivity index (χ2v) is 7.90. The molecule has 1 aromatic carbocycles. The van der Waals surface area contributed by atoms with Gasteiger partial charge in [0.2, 0.25) is 0 Å². The number of hydrogen-bond donors (Lipinski definition) is 1. The maximum absolute atomic E-state index is 5.98. The fourth-order valence-corrected chi connectivity index (χ4v) is 4.25. The normalized spacial score (nSPS) is 27.4. The Hall–Kier alpha value is -1.46. The van der Waals surface area contributed by atoms with Gasteiger partial charge in [-0.25, -0.2) is 0 Å². The van der Waals surface area contributed by atoms with Crippen LogP contribution >= 0.6 is 11.6 Å². The Morgan fingerprint density at radius 2 is 2.28 bits per heavy atom. The van der Waals surface area contributed by atoms with E-state index in [4.69, 9.17) is 21.1 Å². The van der Waals surface area contributed by atoms with Gasteiger partial charge in [-0.2, -0.15) is 0 Å². The molecule has 3 rings (SSSR count). The van der Waals surface area contributed by atoms with Crippen LogP contribution in [0.25, 0.3) is 0 Å². The van der Waals surface area contributed by atoms with Crippen LogP contribution in [-0.4, -0.2) is 56.9 Å². The van der Waals surface area contributed by atoms with Crippen LogP contribution in [0.1, 0.15) is 20.3 Å². The van der Waals surface area contributed by atoms with E-state index < -0.39 is 0 Å². The van der Waals surface area contributed by atoms with E-state index in [-0.39, 0.29) is 5.41 Å². The highest BCUT2D eigenvalue weighted by molar-refractivity contribution is 6.30. The van der Waals surface area contributed by atoms with Crippen LogP contribution in [-0.2, 0) is 4.74 Å². The smallest absolute Gasteiger partial charge is 0.193 e. The lowest BCUT2D eigenvalue weighted by Gasteiger charge is -2.55. The standard InChI is InChI=1S/C19H28ClN3O2/c1-19(2)16(15-8-10-25-17(15)19)22-18(21-3)23(4)9-11-24-14-7-5-6-13(20)12-14/h5-7,12,15-17H,8-11H2,1-4H3,(H,21,22). The van der Waals surface area contributed by atoms with E-state index >= 15 is 0 Å². The van der Waals surface area contributed by atoms with Gasteiger partial charge in [-0.15, -0.1) is 0 Å². The second-order valence-electron chi connectivity index (χ2n) is 7.46. The topological polar surface area (TPSA) is 46.1 Å². The lowest BCUT2D eigenvalue weighted by molar-refractivity contribution is -0.107. The monoisotopic (exact) mass is 365 g/mol. The average Bonchev–Trinajstić information content (AvgIpc) is 3.02. The largest absolute Gasteiger partial charge is 0.492 e. The van der Waals surface area contributed by atoms with Crippen LogP contribution in [0, 0.1) is 11.3 Å². The van der Waals surface area contributed by atoms with Crippen molar-refractivity contribution in [2.75, 3.05) is 33.9 Å². The zero-order valence-corrected chi connectivity index (χ0v) is 16.2. The van der Waals surface area contributed by atoms with Crippen molar-refractivity contribution in [3.05, 3.63) is 29.3 Å². The number of nitrogens with zero attached hydrogens (tertiary/aromatic N) is 2. The molecule has 2 aliphatic rings. The second kappa shape index (κ2) is 7.42. The Labute approximate surface area is 155 Å². The van der Waals surface area contributed by atoms with Crippen LogP contribution in [0.2, 0.25) is 5.02 Å². The number of ether oxygens (including phenoxy) is 2. The quantitative estimate of drug-likeness (QED) is 0.643. The molecule has 3 atom stereocenters. The molecule has 0 amide bonds. The highest BCUT2D eigenvalue weighted by atomic mass is 35.5. The van der Waals surface area contributed by atoms with E-state index in [0.29, 0.717) is 29.7 Å². The van der Waals surface area contributed by atoms with E-state index in [0.717, 1.165) is 31.3 Å². The van der Waals surface area contributed by atoms with Crippen molar-refractivity contribution in [3.8, 4) is 5.75 Å². The maximum Gasteiger partial charge on any atom is 0.193 e. The van der Waals surface area contributed by atoms with E-state index in [1.807, 2.05) is 38.4 Å². The zero-order valence-electron chi connectivity index (χ0n) is 15.5. The summed E-state index contributed by atoms with van der Waals surface area (Å²) in [6, 6.07) is 7.87. The Morgan fingerprint density at radius 1 is 1.48 bits per heavy atom. The van der Waals surface area contributed by atoms with E-state index in [9.17, 15) is 0 Å². The first kappa shape index (κ1) is 18.3. The molecular weight excluding hydrogens is 338 g/mol. The molecule has 0 bridgehead atoms. The lowest BCUT2D eigenvalue weighted by Crippen LogP contribution is -2.68. The van der Waals surface area contributed by atoms with Gasteiger partial charge in [-0.1, -0.05) is 31.5 Å². The fourth-order valence-electron chi connectivity index (χ4n) is 4.06. The van der Waals surface area contributed by atoms with Crippen molar-refractivity contribution in [1.29, 1.82) is 0 Å². The number of guanidine groups is 1. The molecule has 138 valence electrons. The van der Waals surface area contributed by atoms with E-state index in [1.165, 1.54) is 0 Å². The first-order valence-electron chi connectivity index (χ1n) is 8.88. The molecule has 1 heterocycles. The molecule has 1 aliphatic carbocycles. The molecule has 1 aromatic rings. The van der Waals surface area contributed by atoms with Gasteiger partial charge in [-0.05, 0) is 24.6 Å². The Balaban J connectivity index is 1.51. The molecule has 1 saturated carbocycles. The third kappa shape index (κ3) is 3.72. The summed E-state index contributed by atoms with van der Waals surface area (Å²) in [5.74, 6) is 2.27. The third-order valence-corrected chi connectivity index (χ3v) is 5.69. The van der Waals surface area contributed by atoms with Gasteiger partial charge in [0, 0.05) is 43.1 Å². The van der Waals surface area contributed by atoms with Gasteiger partial charge >= 0.3 is 0 Å². The number of benzene rings is 1. The van der Waals surface area contributed by atoms with E-state index in [1.54, 1.807) is 0 Å². The van der Waals surface area contributed by atoms with Crippen molar-refractivity contribution >= 4 is 17.6 Å². The van der Waals surface area contributed by atoms with Crippen molar-refractivity contribution in [3.63, 3.8) is 0 Å². The third-order valence-electron chi connectivity index (χ3n) is 5.45. The van der Waals surface area contributed by atoms with Crippen LogP contribution < -0.4 is 10.1 Å². The Bertz CT molecular complexity index is 635. The summed E-state index contributed by atoms with van der Waals surface area (Å²) in [6.07, 6.45) is 1.50. The van der Waals surface area contributed by atoms with E-state index in [2.05, 4.69) is 29.1 Å². The van der Waals surface area contributed by atoms with Gasteiger partial charge in [0.1, 0.15) is 12.4 Å². The minimum atomic E-state index is 0.134. The Kier molecular flexibility index (Phi) is 5.44. The summed E-state index contributed by atoms with van der Waals surface area (Å²) in [4.78, 5) is 6.54. The number of nitrogens with one attached hydrogen (secondary N) is 1. The summed E-state index contributed by atoms with van der Waals surface area (Å²) < 4.78 is 11.7. The number of aliphatic imine (C=N–C) groups is 1. The summed E-state index contributed by atoms with van der Waals surface area (Å²) in [5.41, 5.74) is 0.134. The predicted octanol–water partition coefficient (Wildman–Crippen LogP) is 3.04. The first-order chi connectivity index (χ1) is 11.9. The van der Waals surface area contributed by atoms with Gasteiger partial charge in [0.05, 0.1) is 12.6 Å². The molecular formula is C19H28ClN3O2. The first-order valence-corrected chi connectivity index (χ1v) is 9.25. The van der Waals surface area contributed by atoms with Crippen LogP contribution in [0.5, 0.6) is 5.75 Å². The molecule has 0 aromatic heterocycles. The summed E-state index contributed by atoms with van der Waals surface area (Å²) >= 11 is 5.98. The van der Waals surface area contributed by atoms with Crippen molar-refractivity contribution in [2.45, 2.75) is 32.4 Å². The van der Waals surface area contributed by atoms with Gasteiger partial charge < -0.3 is 19.7 Å². The summed E-state index contributed by atoms with van der Waals surface area (Å²) in [6.45, 7) is 6.73. The van der Waals surface area contributed by atoms with Crippen molar-refractivity contribution < 1.29 is 9.47 Å². The van der Waals surface area contributed by atoms with Crippen LogP contribution in [0.15, 0.2) is 29.3 Å². The number of halogens is 1. The molecule has 1 N–H and O–H groups in total. The highest BCUT2D eigenvalue weighted by Crippen LogP contribution is 2.52. The molecule has 25 heavy (non-hydrogen) atoms. The molecule has 0 spiro atoms. The van der Waals surface area contributed by atoms with Crippen LogP contribution in [0.3, 0.4) is 0 Å². The average molecular weight is 366 g/mol. The molecule has 3 unspecified atom stereocenters. The minimum Gasteiger partial charge on any atom is -0.492 e. The number of fused-ring (bicyclic) bond motifs is 1. The summed E-state index contributed by atoms with van der Waals surface area (Å²) in [5, 5.41) is 4.33. The molecule has 6 heteroatoms. The molecule has 0 radical (unpaired) electrons. The number of rotatable bonds is 5. The van der Waals surface area contributed by atoms with Gasteiger partial charge in [0.15, 0.2) is 5.96 Å². The maximum atomic E-state index is 5.98. The highest BCUT2D eigenvalue weighted by Gasteiger charge is 2.59. The summed E-state index contributed by atoms with van der Waals surface area (Å²) in [7, 11) is 3.86. The molecule has 1 saturated heterocycles. The van der Waals surface area contributed by atoms with Crippen LogP contribution in [0.4, 0.5) is 0 Å². The minimum absolute atomic E-state index is 0.134. The SMILES string of the molecule is CN=C(NC1C2CCOC2C1(C)C)N(C)CCOc1cccc(Cl)c1. The predicted molar refractivity (Wildman–Crippen MR) is 101 cm³/mol. The molecule has 2 fully saturated rings. The van der Waals surface area contributed by atoms with Gasteiger partial charge in [-0.3, -0.25) is 4.99 Å². The van der Waals surface area contributed by atoms with Crippen molar-refractivity contribution in [1.82, 2.24) is 10.2 Å². The number of likely N-dealkylation sites (N-methyl/N-ethyl adjacent to an activating group) is 1. The van der Waals surface area contributed by atoms with Gasteiger partial charge in [0.25, 0.3) is 0 Å².